The number of hydrogen-bond acceptors (Lipinski definition) is 3. The number of amides is 1. The first kappa shape index (κ1) is 17.3. The molecule has 4 nitrogen and oxygen atoms in total. The predicted octanol–water partition coefficient (Wildman–Crippen LogP) is 3.98. The van der Waals surface area contributed by atoms with Gasteiger partial charge in [0.25, 0.3) is 0 Å². The van der Waals surface area contributed by atoms with E-state index in [4.69, 9.17) is 4.74 Å². The zero-order valence-electron chi connectivity index (χ0n) is 12.8. The fraction of sp³-hybridized carbons (Fsp3) is 0.278. The lowest BCUT2D eigenvalue weighted by Gasteiger charge is -2.22. The molecule has 1 atom stereocenters. The number of piperidine rings is 1. The van der Waals surface area contributed by atoms with E-state index in [2.05, 4.69) is 10.6 Å². The highest BCUT2D eigenvalue weighted by atomic mass is 35.5. The van der Waals surface area contributed by atoms with Gasteiger partial charge in [0.1, 0.15) is 11.5 Å². The van der Waals surface area contributed by atoms with Gasteiger partial charge in [-0.15, -0.1) is 12.4 Å². The summed E-state index contributed by atoms with van der Waals surface area (Å²) in [5.74, 6) is 1.51. The molecule has 0 spiro atoms. The van der Waals surface area contributed by atoms with E-state index < -0.39 is 0 Å². The molecule has 1 aliphatic rings. The summed E-state index contributed by atoms with van der Waals surface area (Å²) in [6, 6.07) is 17.0. The average Bonchev–Trinajstić information content (AvgIpc) is 2.57. The van der Waals surface area contributed by atoms with Crippen LogP contribution in [-0.4, -0.2) is 18.5 Å². The molecule has 2 aromatic rings. The lowest BCUT2D eigenvalue weighted by atomic mass is 10.0. The van der Waals surface area contributed by atoms with Crippen molar-refractivity contribution in [3.8, 4) is 11.5 Å². The summed E-state index contributed by atoms with van der Waals surface area (Å²) in [4.78, 5) is 12.2. The quantitative estimate of drug-likeness (QED) is 0.890. The molecule has 0 aromatic heterocycles. The fourth-order valence-electron chi connectivity index (χ4n) is 2.57. The summed E-state index contributed by atoms with van der Waals surface area (Å²) >= 11 is 0. The number of carbonyl (C=O) groups excluding carboxylic acids is 1. The largest absolute Gasteiger partial charge is 0.457 e. The van der Waals surface area contributed by atoms with Crippen molar-refractivity contribution in [2.24, 2.45) is 0 Å². The van der Waals surface area contributed by atoms with Crippen LogP contribution in [0.1, 0.15) is 19.3 Å². The van der Waals surface area contributed by atoms with Crippen molar-refractivity contribution in [3.05, 3.63) is 54.6 Å². The van der Waals surface area contributed by atoms with E-state index in [1.54, 1.807) is 0 Å². The van der Waals surface area contributed by atoms with Crippen LogP contribution in [0.15, 0.2) is 54.6 Å². The van der Waals surface area contributed by atoms with Gasteiger partial charge in [-0.2, -0.15) is 0 Å². The van der Waals surface area contributed by atoms with Crippen molar-refractivity contribution >= 4 is 24.0 Å². The van der Waals surface area contributed by atoms with Crippen LogP contribution in [0.4, 0.5) is 5.69 Å². The van der Waals surface area contributed by atoms with Gasteiger partial charge in [0.2, 0.25) is 5.91 Å². The normalized spacial score (nSPS) is 17.0. The maximum Gasteiger partial charge on any atom is 0.241 e. The second-order valence-corrected chi connectivity index (χ2v) is 5.43. The third-order valence-electron chi connectivity index (χ3n) is 3.71. The average molecular weight is 333 g/mol. The Hall–Kier alpha value is -2.04. The Morgan fingerprint density at radius 2 is 1.83 bits per heavy atom. The van der Waals surface area contributed by atoms with Crippen molar-refractivity contribution < 1.29 is 9.53 Å². The molecule has 23 heavy (non-hydrogen) atoms. The number of anilines is 1. The summed E-state index contributed by atoms with van der Waals surface area (Å²) in [7, 11) is 0. The minimum absolute atomic E-state index is 0. The standard InChI is InChI=1S/C18H20N2O2.ClH/c21-18(17-11-4-5-12-19-17)20-14-7-6-10-16(13-14)22-15-8-2-1-3-9-15;/h1-3,6-10,13,17,19H,4-5,11-12H2,(H,20,21);1H. The fourth-order valence-corrected chi connectivity index (χ4v) is 2.57. The number of halogens is 1. The van der Waals surface area contributed by atoms with E-state index >= 15 is 0 Å². The van der Waals surface area contributed by atoms with Crippen molar-refractivity contribution in [1.29, 1.82) is 0 Å². The van der Waals surface area contributed by atoms with E-state index in [-0.39, 0.29) is 24.4 Å². The monoisotopic (exact) mass is 332 g/mol. The summed E-state index contributed by atoms with van der Waals surface area (Å²) in [6.45, 7) is 0.912. The number of ether oxygens (including phenoxy) is 1. The molecule has 2 aromatic carbocycles. The molecule has 3 rings (SSSR count). The van der Waals surface area contributed by atoms with Crippen LogP contribution in [0, 0.1) is 0 Å². The molecule has 1 unspecified atom stereocenters. The van der Waals surface area contributed by atoms with E-state index in [1.807, 2.05) is 54.6 Å². The first-order chi connectivity index (χ1) is 10.8. The van der Waals surface area contributed by atoms with Gasteiger partial charge in [-0.25, -0.2) is 0 Å². The number of rotatable bonds is 4. The third-order valence-corrected chi connectivity index (χ3v) is 3.71. The molecule has 122 valence electrons. The Morgan fingerprint density at radius 1 is 1.04 bits per heavy atom. The first-order valence-corrected chi connectivity index (χ1v) is 7.68. The van der Waals surface area contributed by atoms with E-state index in [0.717, 1.165) is 37.2 Å². The molecule has 1 fully saturated rings. The van der Waals surface area contributed by atoms with Crippen LogP contribution in [0.5, 0.6) is 11.5 Å². The smallest absolute Gasteiger partial charge is 0.241 e. The summed E-state index contributed by atoms with van der Waals surface area (Å²) in [5, 5.41) is 6.21. The molecule has 2 N–H and O–H groups in total. The van der Waals surface area contributed by atoms with E-state index in [9.17, 15) is 4.79 Å². The van der Waals surface area contributed by atoms with Crippen molar-refractivity contribution in [1.82, 2.24) is 5.32 Å². The highest BCUT2D eigenvalue weighted by Gasteiger charge is 2.20. The van der Waals surface area contributed by atoms with Crippen molar-refractivity contribution in [2.45, 2.75) is 25.3 Å². The van der Waals surface area contributed by atoms with Crippen LogP contribution in [0.25, 0.3) is 0 Å². The molecular weight excluding hydrogens is 312 g/mol. The maximum atomic E-state index is 12.2. The molecule has 1 amide bonds. The lowest BCUT2D eigenvalue weighted by Crippen LogP contribution is -2.43. The van der Waals surface area contributed by atoms with Gasteiger partial charge < -0.3 is 15.4 Å². The van der Waals surface area contributed by atoms with Crippen molar-refractivity contribution in [3.63, 3.8) is 0 Å². The Kier molecular flexibility index (Phi) is 6.44. The van der Waals surface area contributed by atoms with Crippen molar-refractivity contribution in [2.75, 3.05) is 11.9 Å². The second-order valence-electron chi connectivity index (χ2n) is 5.43. The Morgan fingerprint density at radius 3 is 2.57 bits per heavy atom. The maximum absolute atomic E-state index is 12.2. The zero-order chi connectivity index (χ0) is 15.2. The first-order valence-electron chi connectivity index (χ1n) is 7.68. The van der Waals surface area contributed by atoms with Gasteiger partial charge in [0.05, 0.1) is 6.04 Å². The Labute approximate surface area is 142 Å². The predicted molar refractivity (Wildman–Crippen MR) is 94.5 cm³/mol. The van der Waals surface area contributed by atoms with E-state index in [0.29, 0.717) is 5.75 Å². The number of hydrogen-bond donors (Lipinski definition) is 2. The highest BCUT2D eigenvalue weighted by molar-refractivity contribution is 5.95. The third kappa shape index (κ3) is 4.98. The minimum Gasteiger partial charge on any atom is -0.457 e. The van der Waals surface area contributed by atoms with E-state index in [1.165, 1.54) is 0 Å². The molecule has 0 aliphatic carbocycles. The number of nitrogens with one attached hydrogen (secondary N) is 2. The molecule has 0 radical (unpaired) electrons. The molecular formula is C18H21ClN2O2. The summed E-state index contributed by atoms with van der Waals surface area (Å²) in [6.07, 6.45) is 3.14. The highest BCUT2D eigenvalue weighted by Crippen LogP contribution is 2.24. The van der Waals surface area contributed by atoms with Gasteiger partial charge in [-0.05, 0) is 43.7 Å². The van der Waals surface area contributed by atoms with Crippen LogP contribution in [-0.2, 0) is 4.79 Å². The number of carbonyl (C=O) groups is 1. The zero-order valence-corrected chi connectivity index (χ0v) is 13.6. The molecule has 1 aliphatic heterocycles. The number of para-hydroxylation sites is 1. The molecule has 0 saturated carbocycles. The lowest BCUT2D eigenvalue weighted by molar-refractivity contribution is -0.118. The Balaban J connectivity index is 0.00000192. The van der Waals surface area contributed by atoms with Crippen LogP contribution in [0.3, 0.4) is 0 Å². The molecule has 0 bridgehead atoms. The van der Waals surface area contributed by atoms with Gasteiger partial charge in [-0.1, -0.05) is 30.7 Å². The van der Waals surface area contributed by atoms with Crippen LogP contribution in [0.2, 0.25) is 0 Å². The van der Waals surface area contributed by atoms with Gasteiger partial charge in [0.15, 0.2) is 0 Å². The van der Waals surface area contributed by atoms with Crippen LogP contribution >= 0.6 is 12.4 Å². The molecule has 5 heteroatoms. The van der Waals surface area contributed by atoms with Crippen LogP contribution < -0.4 is 15.4 Å². The topological polar surface area (TPSA) is 50.4 Å². The van der Waals surface area contributed by atoms with Gasteiger partial charge in [-0.3, -0.25) is 4.79 Å². The minimum atomic E-state index is -0.0903. The molecule has 1 heterocycles. The van der Waals surface area contributed by atoms with Gasteiger partial charge in [0, 0.05) is 11.8 Å². The second kappa shape index (κ2) is 8.56. The summed E-state index contributed by atoms with van der Waals surface area (Å²) in [5.41, 5.74) is 0.755. The SMILES string of the molecule is Cl.O=C(Nc1cccc(Oc2ccccc2)c1)C1CCCCN1. The Bertz CT molecular complexity index is 628. The van der Waals surface area contributed by atoms with Gasteiger partial charge >= 0.3 is 0 Å². The number of benzene rings is 2. The molecule has 1 saturated heterocycles. The summed E-state index contributed by atoms with van der Waals surface area (Å²) < 4.78 is 5.78.